The molecular weight excluding hydrogens is 282 g/mol. The first-order valence-electron chi connectivity index (χ1n) is 3.59. The van der Waals surface area contributed by atoms with Gasteiger partial charge in [-0.15, -0.1) is 0 Å². The number of alkyl halides is 3. The van der Waals surface area contributed by atoms with Gasteiger partial charge in [0.25, 0.3) is 0 Å². The van der Waals surface area contributed by atoms with Gasteiger partial charge in [-0.2, -0.15) is 13.2 Å². The number of benzene rings is 1. The van der Waals surface area contributed by atoms with E-state index in [0.717, 1.165) is 0 Å². The molecule has 0 aliphatic rings. The summed E-state index contributed by atoms with van der Waals surface area (Å²) in [7, 11) is 0. The van der Waals surface area contributed by atoms with E-state index in [1.54, 1.807) is 0 Å². The third kappa shape index (κ3) is 2.11. The average molecular weight is 286 g/mol. The summed E-state index contributed by atoms with van der Waals surface area (Å²) in [4.78, 5) is 10.3. The van der Waals surface area contributed by atoms with E-state index in [1.807, 2.05) is 0 Å². The Kier molecular flexibility index (Phi) is 3.03. The van der Waals surface area contributed by atoms with Crippen LogP contribution in [0.15, 0.2) is 10.5 Å². The Balaban J connectivity index is 3.56. The molecule has 0 bridgehead atoms. The second-order valence-electron chi connectivity index (χ2n) is 2.67. The molecule has 0 atom stereocenters. The molecule has 2 nitrogen and oxygen atoms in total. The summed E-state index contributed by atoms with van der Waals surface area (Å²) in [5.74, 6) is -1.29. The van der Waals surface area contributed by atoms with Crippen molar-refractivity contribution >= 4 is 27.9 Å². The summed E-state index contributed by atoms with van der Waals surface area (Å²) in [5.41, 5.74) is 2.70. The SMILES string of the molecule is Nc1c(C=O)cc(C(F)(F)F)c(Br)c1F. The van der Waals surface area contributed by atoms with E-state index in [1.165, 1.54) is 0 Å². The highest BCUT2D eigenvalue weighted by Gasteiger charge is 2.35. The number of carbonyl (C=O) groups excluding carboxylic acids is 1. The number of nitrogen functional groups attached to an aromatic ring is 1. The van der Waals surface area contributed by atoms with Gasteiger partial charge in [-0.3, -0.25) is 4.79 Å². The smallest absolute Gasteiger partial charge is 0.396 e. The fourth-order valence-corrected chi connectivity index (χ4v) is 1.52. The first-order chi connectivity index (χ1) is 6.79. The van der Waals surface area contributed by atoms with Crippen LogP contribution in [-0.4, -0.2) is 6.29 Å². The topological polar surface area (TPSA) is 43.1 Å². The van der Waals surface area contributed by atoms with E-state index in [9.17, 15) is 22.4 Å². The lowest BCUT2D eigenvalue weighted by atomic mass is 10.1. The molecule has 1 rings (SSSR count). The molecule has 0 saturated carbocycles. The first-order valence-corrected chi connectivity index (χ1v) is 4.38. The normalized spacial score (nSPS) is 11.5. The molecule has 0 unspecified atom stereocenters. The van der Waals surface area contributed by atoms with Crippen molar-refractivity contribution in [3.8, 4) is 0 Å². The molecule has 0 aromatic heterocycles. The highest BCUT2D eigenvalue weighted by molar-refractivity contribution is 9.10. The Morgan fingerprint density at radius 1 is 1.40 bits per heavy atom. The summed E-state index contributed by atoms with van der Waals surface area (Å²) in [6.07, 6.45) is -4.68. The molecule has 0 aliphatic carbocycles. The molecule has 0 aliphatic heterocycles. The van der Waals surface area contributed by atoms with Gasteiger partial charge in [0.2, 0.25) is 0 Å². The van der Waals surface area contributed by atoms with Crippen LogP contribution in [0.25, 0.3) is 0 Å². The molecule has 1 aromatic carbocycles. The molecule has 0 saturated heterocycles. The second-order valence-corrected chi connectivity index (χ2v) is 3.46. The van der Waals surface area contributed by atoms with Gasteiger partial charge in [0, 0.05) is 5.56 Å². The van der Waals surface area contributed by atoms with Gasteiger partial charge in [0.1, 0.15) is 0 Å². The Hall–Kier alpha value is -1.11. The van der Waals surface area contributed by atoms with Crippen LogP contribution >= 0.6 is 15.9 Å². The maximum absolute atomic E-state index is 13.1. The molecule has 0 radical (unpaired) electrons. The molecule has 0 amide bonds. The fourth-order valence-electron chi connectivity index (χ4n) is 0.964. The number of hydrogen-bond acceptors (Lipinski definition) is 2. The molecule has 2 N–H and O–H groups in total. The minimum Gasteiger partial charge on any atom is -0.396 e. The second kappa shape index (κ2) is 3.80. The molecule has 0 fully saturated rings. The summed E-state index contributed by atoms with van der Waals surface area (Å²) in [5, 5.41) is 0. The predicted molar refractivity (Wildman–Crippen MR) is 48.9 cm³/mol. The van der Waals surface area contributed by atoms with Crippen molar-refractivity contribution in [1.82, 2.24) is 0 Å². The molecule has 7 heteroatoms. The van der Waals surface area contributed by atoms with E-state index < -0.39 is 33.3 Å². The Bertz CT molecular complexity index is 416. The van der Waals surface area contributed by atoms with Gasteiger partial charge >= 0.3 is 6.18 Å². The van der Waals surface area contributed by atoms with Crippen molar-refractivity contribution in [2.45, 2.75) is 6.18 Å². The van der Waals surface area contributed by atoms with Gasteiger partial charge in [0.05, 0.1) is 15.7 Å². The van der Waals surface area contributed by atoms with Gasteiger partial charge in [-0.25, -0.2) is 4.39 Å². The van der Waals surface area contributed by atoms with Gasteiger partial charge in [0.15, 0.2) is 12.1 Å². The zero-order valence-electron chi connectivity index (χ0n) is 7.03. The van der Waals surface area contributed by atoms with Crippen LogP contribution in [-0.2, 0) is 6.18 Å². The van der Waals surface area contributed by atoms with Crippen molar-refractivity contribution in [2.75, 3.05) is 5.73 Å². The maximum atomic E-state index is 13.1. The van der Waals surface area contributed by atoms with Gasteiger partial charge < -0.3 is 5.73 Å². The third-order valence-electron chi connectivity index (χ3n) is 1.71. The number of hydrogen-bond donors (Lipinski definition) is 1. The van der Waals surface area contributed by atoms with Crippen molar-refractivity contribution in [1.29, 1.82) is 0 Å². The highest BCUT2D eigenvalue weighted by Crippen LogP contribution is 2.38. The van der Waals surface area contributed by atoms with Crippen molar-refractivity contribution in [3.63, 3.8) is 0 Å². The summed E-state index contributed by atoms with van der Waals surface area (Å²) in [6, 6.07) is 0.496. The van der Waals surface area contributed by atoms with Crippen LogP contribution in [0.2, 0.25) is 0 Å². The van der Waals surface area contributed by atoms with Crippen LogP contribution in [0.5, 0.6) is 0 Å². The van der Waals surface area contributed by atoms with E-state index in [4.69, 9.17) is 5.73 Å². The number of halogens is 5. The Morgan fingerprint density at radius 2 is 1.93 bits per heavy atom. The summed E-state index contributed by atoms with van der Waals surface area (Å²) < 4.78 is 49.3. The number of rotatable bonds is 1. The standard InChI is InChI=1S/C8H4BrF4NO/c9-5-4(8(11,12)13)1-3(2-15)7(14)6(5)10/h1-2H,14H2. The number of carbonyl (C=O) groups is 1. The lowest BCUT2D eigenvalue weighted by molar-refractivity contribution is -0.138. The van der Waals surface area contributed by atoms with E-state index in [-0.39, 0.29) is 6.29 Å². The number of nitrogens with two attached hydrogens (primary N) is 1. The molecule has 1 aromatic rings. The van der Waals surface area contributed by atoms with Gasteiger partial charge in [-0.05, 0) is 22.0 Å². The number of aldehydes is 1. The average Bonchev–Trinajstić information content (AvgIpc) is 2.13. The van der Waals surface area contributed by atoms with Crippen molar-refractivity contribution in [3.05, 3.63) is 27.5 Å². The van der Waals surface area contributed by atoms with Crippen LogP contribution in [0.1, 0.15) is 15.9 Å². The Morgan fingerprint density at radius 3 is 2.33 bits per heavy atom. The van der Waals surface area contributed by atoms with Crippen LogP contribution < -0.4 is 5.73 Å². The minimum atomic E-state index is -4.74. The quantitative estimate of drug-likeness (QED) is 0.490. The van der Waals surface area contributed by atoms with Crippen molar-refractivity contribution < 1.29 is 22.4 Å². The Labute approximate surface area is 90.2 Å². The molecule has 15 heavy (non-hydrogen) atoms. The van der Waals surface area contributed by atoms with Gasteiger partial charge in [-0.1, -0.05) is 0 Å². The molecule has 0 spiro atoms. The lowest BCUT2D eigenvalue weighted by Gasteiger charge is -2.12. The largest absolute Gasteiger partial charge is 0.417 e. The van der Waals surface area contributed by atoms with E-state index in [2.05, 4.69) is 15.9 Å². The molecule has 82 valence electrons. The lowest BCUT2D eigenvalue weighted by Crippen LogP contribution is -2.10. The third-order valence-corrected chi connectivity index (χ3v) is 2.48. The molecular formula is C8H4BrF4NO. The summed E-state index contributed by atoms with van der Waals surface area (Å²) in [6.45, 7) is 0. The predicted octanol–water partition coefficient (Wildman–Crippen LogP) is 3.00. The fraction of sp³-hybridized carbons (Fsp3) is 0.125. The van der Waals surface area contributed by atoms with E-state index >= 15 is 0 Å². The maximum Gasteiger partial charge on any atom is 0.417 e. The number of anilines is 1. The van der Waals surface area contributed by atoms with Crippen LogP contribution in [0.4, 0.5) is 23.2 Å². The van der Waals surface area contributed by atoms with Crippen molar-refractivity contribution in [2.24, 2.45) is 0 Å². The van der Waals surface area contributed by atoms with Crippen LogP contribution in [0.3, 0.4) is 0 Å². The van der Waals surface area contributed by atoms with E-state index in [0.29, 0.717) is 6.07 Å². The highest BCUT2D eigenvalue weighted by atomic mass is 79.9. The minimum absolute atomic E-state index is 0.0695. The molecule has 0 heterocycles. The first kappa shape index (κ1) is 12.0. The monoisotopic (exact) mass is 285 g/mol. The zero-order valence-corrected chi connectivity index (χ0v) is 8.62. The van der Waals surface area contributed by atoms with Crippen LogP contribution in [0, 0.1) is 5.82 Å². The summed E-state index contributed by atoms with van der Waals surface area (Å²) >= 11 is 2.44. The zero-order chi connectivity index (χ0) is 11.8.